The van der Waals surface area contributed by atoms with E-state index in [9.17, 15) is 4.79 Å². The zero-order valence-corrected chi connectivity index (χ0v) is 12.1. The first-order valence-electron chi connectivity index (χ1n) is 6.83. The first kappa shape index (κ1) is 14.7. The summed E-state index contributed by atoms with van der Waals surface area (Å²) in [4.78, 5) is 16.2. The van der Waals surface area contributed by atoms with Crippen molar-refractivity contribution in [3.8, 4) is 0 Å². The monoisotopic (exact) mass is 278 g/mol. The smallest absolute Gasteiger partial charge is 0.253 e. The molecule has 2 atom stereocenters. The third kappa shape index (κ3) is 2.62. The Bertz CT molecular complexity index is 490. The fraction of sp³-hybridized carbons (Fsp3) is 0.571. The van der Waals surface area contributed by atoms with Gasteiger partial charge in [0.15, 0.2) is 0 Å². The number of amides is 1. The van der Waals surface area contributed by atoms with E-state index in [0.717, 1.165) is 6.42 Å². The van der Waals surface area contributed by atoms with E-state index in [0.29, 0.717) is 17.9 Å². The van der Waals surface area contributed by atoms with Crippen LogP contribution in [-0.2, 0) is 4.74 Å². The number of carbonyl (C=O) groups excluding carboxylic acids is 1. The molecule has 0 saturated heterocycles. The van der Waals surface area contributed by atoms with Gasteiger partial charge in [0, 0.05) is 24.3 Å². The fourth-order valence-electron chi connectivity index (χ4n) is 2.56. The minimum absolute atomic E-state index is 0.0605. The van der Waals surface area contributed by atoms with E-state index in [2.05, 4.69) is 29.6 Å². The predicted molar refractivity (Wildman–Crippen MR) is 77.1 cm³/mol. The van der Waals surface area contributed by atoms with E-state index in [4.69, 9.17) is 10.6 Å². The molecule has 1 aromatic rings. The molecule has 2 unspecified atom stereocenters. The molecule has 1 aromatic heterocycles. The minimum Gasteiger partial charge on any atom is -0.378 e. The van der Waals surface area contributed by atoms with Gasteiger partial charge >= 0.3 is 0 Å². The number of ether oxygens (including phenoxy) is 1. The van der Waals surface area contributed by atoms with Gasteiger partial charge < -0.3 is 15.5 Å². The summed E-state index contributed by atoms with van der Waals surface area (Å²) in [5.74, 6) is 5.25. The van der Waals surface area contributed by atoms with Gasteiger partial charge in [0.2, 0.25) is 0 Å². The topological polar surface area (TPSA) is 89.3 Å². The Balaban J connectivity index is 2.03. The average Bonchev–Trinajstić information content (AvgIpc) is 2.46. The van der Waals surface area contributed by atoms with Crippen LogP contribution in [0.25, 0.3) is 0 Å². The number of hydrogen-bond donors (Lipinski definition) is 3. The molecule has 4 N–H and O–H groups in total. The molecule has 6 nitrogen and oxygen atoms in total. The number of nitrogens with zero attached hydrogens (tertiary/aromatic N) is 1. The molecule has 1 heterocycles. The molecule has 0 aliphatic heterocycles. The molecule has 0 radical (unpaired) electrons. The summed E-state index contributed by atoms with van der Waals surface area (Å²) in [6.45, 7) is 6.89. The van der Waals surface area contributed by atoms with Crippen LogP contribution in [0, 0.1) is 5.41 Å². The second-order valence-corrected chi connectivity index (χ2v) is 5.59. The second-order valence-electron chi connectivity index (χ2n) is 5.59. The number of nitrogens with one attached hydrogen (secondary N) is 2. The van der Waals surface area contributed by atoms with Crippen LogP contribution in [0.1, 0.15) is 37.6 Å². The van der Waals surface area contributed by atoms with Crippen LogP contribution in [0.5, 0.6) is 0 Å². The molecule has 2 rings (SSSR count). The fourth-order valence-corrected chi connectivity index (χ4v) is 2.56. The Morgan fingerprint density at radius 3 is 2.95 bits per heavy atom. The van der Waals surface area contributed by atoms with Crippen molar-refractivity contribution >= 4 is 11.6 Å². The number of rotatable bonds is 5. The number of pyridine rings is 1. The molecular weight excluding hydrogens is 256 g/mol. The number of nitrogens with two attached hydrogens (primary N) is 1. The quantitative estimate of drug-likeness (QED) is 0.558. The lowest BCUT2D eigenvalue weighted by Gasteiger charge is -2.51. The van der Waals surface area contributed by atoms with E-state index in [1.165, 1.54) is 6.20 Å². The molecule has 1 fully saturated rings. The van der Waals surface area contributed by atoms with Gasteiger partial charge in [0.05, 0.1) is 23.6 Å². The Hall–Kier alpha value is -1.66. The Morgan fingerprint density at radius 1 is 1.60 bits per heavy atom. The van der Waals surface area contributed by atoms with Crippen molar-refractivity contribution in [2.45, 2.75) is 39.3 Å². The number of nitrogen functional groups attached to an aromatic ring is 1. The van der Waals surface area contributed by atoms with Crippen LogP contribution >= 0.6 is 0 Å². The molecule has 1 amide bonds. The predicted octanol–water partition coefficient (Wildman–Crippen LogP) is 1.30. The van der Waals surface area contributed by atoms with Crippen molar-refractivity contribution in [1.82, 2.24) is 10.3 Å². The summed E-state index contributed by atoms with van der Waals surface area (Å²) in [7, 11) is 0. The molecule has 1 aliphatic carbocycles. The lowest BCUT2D eigenvalue weighted by Crippen LogP contribution is -2.62. The van der Waals surface area contributed by atoms with Crippen LogP contribution in [0.15, 0.2) is 18.5 Å². The molecule has 6 heteroatoms. The molecule has 0 aromatic carbocycles. The number of aromatic nitrogens is 1. The second kappa shape index (κ2) is 5.76. The molecule has 0 spiro atoms. The molecule has 20 heavy (non-hydrogen) atoms. The van der Waals surface area contributed by atoms with Crippen LogP contribution in [0.2, 0.25) is 0 Å². The van der Waals surface area contributed by atoms with E-state index in [1.807, 2.05) is 6.92 Å². The molecule has 0 bridgehead atoms. The molecule has 1 aliphatic rings. The van der Waals surface area contributed by atoms with E-state index < -0.39 is 0 Å². The molecule has 110 valence electrons. The van der Waals surface area contributed by atoms with E-state index >= 15 is 0 Å². The van der Waals surface area contributed by atoms with Gasteiger partial charge in [-0.25, -0.2) is 0 Å². The molecule has 1 saturated carbocycles. The summed E-state index contributed by atoms with van der Waals surface area (Å²) in [6.07, 6.45) is 4.14. The summed E-state index contributed by atoms with van der Waals surface area (Å²) >= 11 is 0. The summed E-state index contributed by atoms with van der Waals surface area (Å²) in [5.41, 5.74) is 3.44. The first-order valence-corrected chi connectivity index (χ1v) is 6.83. The lowest BCUT2D eigenvalue weighted by atomic mass is 9.64. The van der Waals surface area contributed by atoms with Crippen LogP contribution in [0.3, 0.4) is 0 Å². The third-order valence-electron chi connectivity index (χ3n) is 4.07. The zero-order valence-electron chi connectivity index (χ0n) is 12.1. The van der Waals surface area contributed by atoms with Gasteiger partial charge in [0.1, 0.15) is 0 Å². The normalized spacial score (nSPS) is 23.8. The van der Waals surface area contributed by atoms with Gasteiger partial charge in [-0.3, -0.25) is 15.6 Å². The first-order chi connectivity index (χ1) is 9.50. The van der Waals surface area contributed by atoms with Crippen molar-refractivity contribution in [3.63, 3.8) is 0 Å². The Kier molecular flexibility index (Phi) is 4.25. The maximum Gasteiger partial charge on any atom is 0.253 e. The standard InChI is InChI=1S/C14H22N4O2/c1-4-20-12-7-11(14(12,2)3)17-13(19)9-5-6-16-8-10(9)18-15/h5-6,8,11-12,18H,4,7,15H2,1-3H3,(H,17,19). The Labute approximate surface area is 119 Å². The van der Waals surface area contributed by atoms with E-state index in [-0.39, 0.29) is 23.5 Å². The van der Waals surface area contributed by atoms with Gasteiger partial charge in [-0.15, -0.1) is 0 Å². The van der Waals surface area contributed by atoms with Crippen LogP contribution in [0.4, 0.5) is 5.69 Å². The van der Waals surface area contributed by atoms with Gasteiger partial charge in [-0.1, -0.05) is 13.8 Å². The summed E-state index contributed by atoms with van der Waals surface area (Å²) in [6, 6.07) is 1.75. The number of hydrazine groups is 1. The maximum atomic E-state index is 12.3. The van der Waals surface area contributed by atoms with Gasteiger partial charge in [-0.05, 0) is 19.4 Å². The third-order valence-corrected chi connectivity index (χ3v) is 4.07. The highest BCUT2D eigenvalue weighted by Gasteiger charge is 2.49. The van der Waals surface area contributed by atoms with Crippen molar-refractivity contribution in [3.05, 3.63) is 24.0 Å². The SMILES string of the molecule is CCOC1CC(NC(=O)c2ccncc2NN)C1(C)C. The molecular formula is C14H22N4O2. The number of anilines is 1. The zero-order chi connectivity index (χ0) is 14.8. The highest BCUT2D eigenvalue weighted by molar-refractivity contribution is 5.99. The summed E-state index contributed by atoms with van der Waals surface area (Å²) < 4.78 is 5.66. The van der Waals surface area contributed by atoms with Crippen LogP contribution in [-0.4, -0.2) is 29.6 Å². The van der Waals surface area contributed by atoms with Crippen molar-refractivity contribution in [1.29, 1.82) is 0 Å². The lowest BCUT2D eigenvalue weighted by molar-refractivity contribution is -0.111. The highest BCUT2D eigenvalue weighted by atomic mass is 16.5. The van der Waals surface area contributed by atoms with Crippen molar-refractivity contribution in [2.75, 3.05) is 12.0 Å². The van der Waals surface area contributed by atoms with Gasteiger partial charge in [-0.2, -0.15) is 0 Å². The van der Waals surface area contributed by atoms with Crippen molar-refractivity contribution < 1.29 is 9.53 Å². The van der Waals surface area contributed by atoms with Crippen molar-refractivity contribution in [2.24, 2.45) is 11.3 Å². The number of carbonyl (C=O) groups is 1. The Morgan fingerprint density at radius 2 is 2.35 bits per heavy atom. The highest BCUT2D eigenvalue weighted by Crippen LogP contribution is 2.42. The van der Waals surface area contributed by atoms with E-state index in [1.54, 1.807) is 12.3 Å². The summed E-state index contributed by atoms with van der Waals surface area (Å²) in [5, 5.41) is 3.04. The minimum atomic E-state index is -0.145. The number of hydrogen-bond acceptors (Lipinski definition) is 5. The maximum absolute atomic E-state index is 12.3. The van der Waals surface area contributed by atoms with Gasteiger partial charge in [0.25, 0.3) is 5.91 Å². The van der Waals surface area contributed by atoms with Crippen LogP contribution < -0.4 is 16.6 Å². The average molecular weight is 278 g/mol. The largest absolute Gasteiger partial charge is 0.378 e.